The fraction of sp³-hybridized carbons (Fsp3) is 0.143. The second kappa shape index (κ2) is 6.02. The van der Waals surface area contributed by atoms with Crippen molar-refractivity contribution in [3.8, 4) is 11.5 Å². The molecule has 0 aromatic heterocycles. The van der Waals surface area contributed by atoms with E-state index in [0.717, 1.165) is 17.7 Å². The molecule has 2 rings (SSSR count). The van der Waals surface area contributed by atoms with Gasteiger partial charge >= 0.3 is 0 Å². The van der Waals surface area contributed by atoms with E-state index in [-0.39, 0.29) is 12.4 Å². The summed E-state index contributed by atoms with van der Waals surface area (Å²) in [6.07, 6.45) is 0. The number of hydrogen-bond donors (Lipinski definition) is 0. The van der Waals surface area contributed by atoms with Gasteiger partial charge in [-0.15, -0.1) is 0 Å². The van der Waals surface area contributed by atoms with Gasteiger partial charge < -0.3 is 9.47 Å². The van der Waals surface area contributed by atoms with Gasteiger partial charge in [-0.1, -0.05) is 28.1 Å². The Morgan fingerprint density at radius 3 is 2.16 bits per heavy atom. The summed E-state index contributed by atoms with van der Waals surface area (Å²) in [5.41, 5.74) is 0.794. The molecule has 0 heterocycles. The Labute approximate surface area is 118 Å². The van der Waals surface area contributed by atoms with Gasteiger partial charge in [-0.05, 0) is 29.8 Å². The fourth-order valence-electron chi connectivity index (χ4n) is 1.54. The standard InChI is InChI=1S/C14H11BrF2O2/c1-18-11-4-2-9(3-5-11)8-19-14-12(16)6-10(15)7-13(14)17/h2-7H,8H2,1H3. The van der Waals surface area contributed by atoms with Gasteiger partial charge in [0.2, 0.25) is 0 Å². The molecule has 0 fully saturated rings. The maximum Gasteiger partial charge on any atom is 0.191 e. The molecule has 19 heavy (non-hydrogen) atoms. The molecule has 2 nitrogen and oxygen atoms in total. The van der Waals surface area contributed by atoms with Crippen molar-refractivity contribution in [2.75, 3.05) is 7.11 Å². The van der Waals surface area contributed by atoms with Crippen molar-refractivity contribution in [2.24, 2.45) is 0 Å². The van der Waals surface area contributed by atoms with E-state index in [1.807, 2.05) is 0 Å². The molecule has 0 saturated carbocycles. The van der Waals surface area contributed by atoms with Crippen LogP contribution in [0.3, 0.4) is 0 Å². The van der Waals surface area contributed by atoms with E-state index < -0.39 is 11.6 Å². The van der Waals surface area contributed by atoms with Gasteiger partial charge in [-0.2, -0.15) is 0 Å². The summed E-state index contributed by atoms with van der Waals surface area (Å²) in [6.45, 7) is 0.0828. The summed E-state index contributed by atoms with van der Waals surface area (Å²) in [5.74, 6) is -1.13. The van der Waals surface area contributed by atoms with Crippen molar-refractivity contribution in [2.45, 2.75) is 6.61 Å². The lowest BCUT2D eigenvalue weighted by molar-refractivity contribution is 0.274. The molecule has 100 valence electrons. The zero-order chi connectivity index (χ0) is 13.8. The smallest absolute Gasteiger partial charge is 0.191 e. The first-order valence-electron chi connectivity index (χ1n) is 5.50. The van der Waals surface area contributed by atoms with Gasteiger partial charge in [0.05, 0.1) is 7.11 Å². The van der Waals surface area contributed by atoms with Crippen LogP contribution in [0.2, 0.25) is 0 Å². The molecular weight excluding hydrogens is 318 g/mol. The number of ether oxygens (including phenoxy) is 2. The topological polar surface area (TPSA) is 18.5 Å². The minimum absolute atomic E-state index is 0.0828. The Balaban J connectivity index is 2.10. The summed E-state index contributed by atoms with van der Waals surface area (Å²) in [4.78, 5) is 0. The molecule has 0 N–H and O–H groups in total. The number of methoxy groups -OCH3 is 1. The van der Waals surface area contributed by atoms with Crippen molar-refractivity contribution in [1.82, 2.24) is 0 Å². The Morgan fingerprint density at radius 1 is 1.05 bits per heavy atom. The third-order valence-corrected chi connectivity index (χ3v) is 2.96. The molecule has 0 bridgehead atoms. The highest BCUT2D eigenvalue weighted by molar-refractivity contribution is 9.10. The monoisotopic (exact) mass is 328 g/mol. The maximum absolute atomic E-state index is 13.5. The minimum Gasteiger partial charge on any atom is -0.497 e. The quantitative estimate of drug-likeness (QED) is 0.832. The van der Waals surface area contributed by atoms with E-state index in [0.29, 0.717) is 10.2 Å². The predicted molar refractivity (Wildman–Crippen MR) is 71.4 cm³/mol. The van der Waals surface area contributed by atoms with Crippen molar-refractivity contribution in [3.63, 3.8) is 0 Å². The van der Waals surface area contributed by atoms with Crippen molar-refractivity contribution in [1.29, 1.82) is 0 Å². The average molecular weight is 329 g/mol. The molecule has 2 aromatic rings. The Kier molecular flexibility index (Phi) is 4.37. The Bertz CT molecular complexity index is 547. The zero-order valence-electron chi connectivity index (χ0n) is 10.1. The van der Waals surface area contributed by atoms with Crippen LogP contribution >= 0.6 is 15.9 Å². The fourth-order valence-corrected chi connectivity index (χ4v) is 1.95. The molecule has 5 heteroatoms. The Hall–Kier alpha value is -1.62. The second-order valence-electron chi connectivity index (χ2n) is 3.84. The molecule has 0 spiro atoms. The van der Waals surface area contributed by atoms with Gasteiger partial charge in [0.15, 0.2) is 17.4 Å². The van der Waals surface area contributed by atoms with Crippen LogP contribution in [0, 0.1) is 11.6 Å². The number of halogens is 3. The van der Waals surface area contributed by atoms with E-state index in [4.69, 9.17) is 9.47 Å². The van der Waals surface area contributed by atoms with Gasteiger partial charge in [0.25, 0.3) is 0 Å². The number of rotatable bonds is 4. The van der Waals surface area contributed by atoms with Crippen LogP contribution < -0.4 is 9.47 Å². The van der Waals surface area contributed by atoms with Crippen LogP contribution in [0.15, 0.2) is 40.9 Å². The molecular formula is C14H11BrF2O2. The molecule has 0 atom stereocenters. The van der Waals surface area contributed by atoms with E-state index in [1.54, 1.807) is 31.4 Å². The predicted octanol–water partition coefficient (Wildman–Crippen LogP) is 4.31. The first-order valence-corrected chi connectivity index (χ1v) is 6.29. The molecule has 0 aliphatic carbocycles. The summed E-state index contributed by atoms with van der Waals surface area (Å²) < 4.78 is 37.6. The molecule has 0 saturated heterocycles. The highest BCUT2D eigenvalue weighted by Crippen LogP contribution is 2.26. The van der Waals surface area contributed by atoms with Crippen LogP contribution in [-0.4, -0.2) is 7.11 Å². The first kappa shape index (κ1) is 13.8. The molecule has 0 aliphatic heterocycles. The lowest BCUT2D eigenvalue weighted by atomic mass is 10.2. The second-order valence-corrected chi connectivity index (χ2v) is 4.75. The lowest BCUT2D eigenvalue weighted by Gasteiger charge is -2.09. The van der Waals surface area contributed by atoms with E-state index in [1.165, 1.54) is 0 Å². The molecule has 0 amide bonds. The van der Waals surface area contributed by atoms with Crippen molar-refractivity contribution in [3.05, 3.63) is 58.1 Å². The van der Waals surface area contributed by atoms with E-state index in [9.17, 15) is 8.78 Å². The minimum atomic E-state index is -0.736. The Morgan fingerprint density at radius 2 is 1.63 bits per heavy atom. The molecule has 2 aromatic carbocycles. The van der Waals surface area contributed by atoms with E-state index >= 15 is 0 Å². The first-order chi connectivity index (χ1) is 9.10. The average Bonchev–Trinajstić information content (AvgIpc) is 2.38. The molecule has 0 radical (unpaired) electrons. The lowest BCUT2D eigenvalue weighted by Crippen LogP contribution is -2.00. The van der Waals surface area contributed by atoms with Crippen molar-refractivity contribution >= 4 is 15.9 Å². The van der Waals surface area contributed by atoms with Gasteiger partial charge in [0, 0.05) is 4.47 Å². The molecule has 0 aliphatic rings. The van der Waals surface area contributed by atoms with E-state index in [2.05, 4.69) is 15.9 Å². The number of hydrogen-bond acceptors (Lipinski definition) is 2. The zero-order valence-corrected chi connectivity index (χ0v) is 11.7. The highest BCUT2D eigenvalue weighted by Gasteiger charge is 2.12. The van der Waals surface area contributed by atoms with Gasteiger partial charge in [-0.25, -0.2) is 8.78 Å². The van der Waals surface area contributed by atoms with Crippen LogP contribution in [0.25, 0.3) is 0 Å². The largest absolute Gasteiger partial charge is 0.497 e. The van der Waals surface area contributed by atoms with Gasteiger partial charge in [0.1, 0.15) is 12.4 Å². The van der Waals surface area contributed by atoms with Crippen molar-refractivity contribution < 1.29 is 18.3 Å². The SMILES string of the molecule is COc1ccc(COc2c(F)cc(Br)cc2F)cc1. The number of benzene rings is 2. The molecule has 0 unspecified atom stereocenters. The van der Waals surface area contributed by atoms with Gasteiger partial charge in [-0.3, -0.25) is 0 Å². The van der Waals surface area contributed by atoms with Crippen LogP contribution in [0.4, 0.5) is 8.78 Å². The summed E-state index contributed by atoms with van der Waals surface area (Å²) in [6, 6.07) is 9.37. The van der Waals surface area contributed by atoms with Crippen LogP contribution in [0.1, 0.15) is 5.56 Å². The summed E-state index contributed by atoms with van der Waals surface area (Å²) >= 11 is 3.01. The summed E-state index contributed by atoms with van der Waals surface area (Å²) in [7, 11) is 1.57. The summed E-state index contributed by atoms with van der Waals surface area (Å²) in [5, 5.41) is 0. The highest BCUT2D eigenvalue weighted by atomic mass is 79.9. The third kappa shape index (κ3) is 3.44. The normalized spacial score (nSPS) is 10.3. The van der Waals surface area contributed by atoms with Crippen LogP contribution in [0.5, 0.6) is 11.5 Å². The third-order valence-electron chi connectivity index (χ3n) is 2.51. The van der Waals surface area contributed by atoms with Crippen LogP contribution in [-0.2, 0) is 6.61 Å². The maximum atomic E-state index is 13.5.